The van der Waals surface area contributed by atoms with Crippen LogP contribution >= 0.6 is 0 Å². The maximum atomic E-state index is 5.74. The number of likely N-dealkylation sites (N-methyl/N-ethyl adjacent to an activating group) is 1. The molecule has 1 atom stereocenters. The average molecular weight is 272 g/mol. The third-order valence-corrected chi connectivity index (χ3v) is 3.76. The highest BCUT2D eigenvalue weighted by Crippen LogP contribution is 2.28. The van der Waals surface area contributed by atoms with Gasteiger partial charge in [0.25, 0.3) is 0 Å². The lowest BCUT2D eigenvalue weighted by atomic mass is 9.81. The largest absolute Gasteiger partial charge is 0.381 e. The molecule has 1 saturated heterocycles. The summed E-state index contributed by atoms with van der Waals surface area (Å²) in [6.07, 6.45) is 3.65. The second kappa shape index (κ2) is 9.70. The molecular weight excluding hydrogens is 240 g/mol. The van der Waals surface area contributed by atoms with E-state index < -0.39 is 0 Å². The van der Waals surface area contributed by atoms with Crippen LogP contribution in [0.2, 0.25) is 0 Å². The van der Waals surface area contributed by atoms with E-state index in [1.54, 1.807) is 0 Å². The van der Waals surface area contributed by atoms with Crippen molar-refractivity contribution in [1.82, 2.24) is 10.2 Å². The molecule has 0 amide bonds. The van der Waals surface area contributed by atoms with Crippen LogP contribution in [0.3, 0.4) is 0 Å². The fraction of sp³-hybridized carbons (Fsp3) is 1.00. The minimum absolute atomic E-state index is 0.286. The molecular formula is C15H32N2O2. The van der Waals surface area contributed by atoms with E-state index >= 15 is 0 Å². The van der Waals surface area contributed by atoms with Crippen molar-refractivity contribution >= 4 is 0 Å². The smallest absolute Gasteiger partial charge is 0.0593 e. The van der Waals surface area contributed by atoms with Gasteiger partial charge in [0.2, 0.25) is 0 Å². The van der Waals surface area contributed by atoms with E-state index in [1.165, 1.54) is 19.3 Å². The number of nitrogens with one attached hydrogen (secondary N) is 1. The molecule has 1 fully saturated rings. The first-order chi connectivity index (χ1) is 9.22. The minimum atomic E-state index is 0.286. The summed E-state index contributed by atoms with van der Waals surface area (Å²) in [7, 11) is 2.19. The van der Waals surface area contributed by atoms with Crippen molar-refractivity contribution in [3.63, 3.8) is 0 Å². The van der Waals surface area contributed by atoms with Gasteiger partial charge in [0.15, 0.2) is 0 Å². The molecule has 1 rings (SSSR count). The summed E-state index contributed by atoms with van der Waals surface area (Å²) in [6.45, 7) is 12.0. The summed E-state index contributed by atoms with van der Waals surface area (Å²) in [5, 5.41) is 3.58. The van der Waals surface area contributed by atoms with Gasteiger partial charge in [-0.05, 0) is 39.8 Å². The molecule has 0 spiro atoms. The Hall–Kier alpha value is -0.160. The van der Waals surface area contributed by atoms with Gasteiger partial charge >= 0.3 is 0 Å². The Balaban J connectivity index is 2.39. The number of ether oxygens (including phenoxy) is 2. The van der Waals surface area contributed by atoms with Gasteiger partial charge in [0, 0.05) is 38.3 Å². The van der Waals surface area contributed by atoms with Crippen LogP contribution in [-0.4, -0.2) is 64.6 Å². The van der Waals surface area contributed by atoms with Crippen LogP contribution in [0.1, 0.15) is 33.1 Å². The van der Waals surface area contributed by atoms with Gasteiger partial charge in [-0.1, -0.05) is 6.92 Å². The SMILES string of the molecule is CCCNCC1(CN(C)CCOCC)CCCOC1. The zero-order chi connectivity index (χ0) is 14.0. The monoisotopic (exact) mass is 272 g/mol. The van der Waals surface area contributed by atoms with Crippen LogP contribution in [0.15, 0.2) is 0 Å². The molecule has 0 aliphatic carbocycles. The molecule has 1 unspecified atom stereocenters. The van der Waals surface area contributed by atoms with E-state index in [-0.39, 0.29) is 5.41 Å². The average Bonchev–Trinajstić information content (AvgIpc) is 2.40. The summed E-state index contributed by atoms with van der Waals surface area (Å²) in [5.74, 6) is 0. The Morgan fingerprint density at radius 2 is 2.21 bits per heavy atom. The fourth-order valence-corrected chi connectivity index (χ4v) is 2.78. The molecule has 4 heteroatoms. The van der Waals surface area contributed by atoms with Crippen molar-refractivity contribution in [1.29, 1.82) is 0 Å². The highest BCUT2D eigenvalue weighted by molar-refractivity contribution is 4.86. The van der Waals surface area contributed by atoms with Crippen molar-refractivity contribution in [3.05, 3.63) is 0 Å². The fourth-order valence-electron chi connectivity index (χ4n) is 2.78. The Labute approximate surface area is 118 Å². The summed E-state index contributed by atoms with van der Waals surface area (Å²) in [5.41, 5.74) is 0.286. The topological polar surface area (TPSA) is 33.7 Å². The van der Waals surface area contributed by atoms with E-state index in [0.29, 0.717) is 0 Å². The van der Waals surface area contributed by atoms with Gasteiger partial charge in [-0.3, -0.25) is 0 Å². The lowest BCUT2D eigenvalue weighted by molar-refractivity contribution is -0.0254. The van der Waals surface area contributed by atoms with E-state index in [0.717, 1.165) is 52.6 Å². The lowest BCUT2D eigenvalue weighted by Crippen LogP contribution is -2.48. The number of nitrogens with zero attached hydrogens (tertiary/aromatic N) is 1. The van der Waals surface area contributed by atoms with Gasteiger partial charge in [-0.25, -0.2) is 0 Å². The number of hydrogen-bond donors (Lipinski definition) is 1. The van der Waals surface area contributed by atoms with Gasteiger partial charge in [0.05, 0.1) is 13.2 Å². The summed E-state index contributed by atoms with van der Waals surface area (Å²) >= 11 is 0. The normalized spacial score (nSPS) is 24.0. The molecule has 0 aromatic rings. The number of hydrogen-bond acceptors (Lipinski definition) is 4. The first kappa shape index (κ1) is 16.9. The van der Waals surface area contributed by atoms with Crippen molar-refractivity contribution in [2.45, 2.75) is 33.1 Å². The van der Waals surface area contributed by atoms with Crippen molar-refractivity contribution in [2.75, 3.05) is 59.7 Å². The Morgan fingerprint density at radius 1 is 1.37 bits per heavy atom. The van der Waals surface area contributed by atoms with Crippen LogP contribution in [0.25, 0.3) is 0 Å². The summed E-state index contributed by atoms with van der Waals surface area (Å²) in [4.78, 5) is 2.39. The quantitative estimate of drug-likeness (QED) is 0.614. The van der Waals surface area contributed by atoms with E-state index in [2.05, 4.69) is 24.2 Å². The first-order valence-corrected chi connectivity index (χ1v) is 7.77. The molecule has 114 valence electrons. The van der Waals surface area contributed by atoms with Gasteiger partial charge < -0.3 is 19.7 Å². The van der Waals surface area contributed by atoms with Crippen molar-refractivity contribution < 1.29 is 9.47 Å². The second-order valence-corrected chi connectivity index (χ2v) is 5.77. The molecule has 0 saturated carbocycles. The summed E-state index contributed by atoms with van der Waals surface area (Å²) in [6, 6.07) is 0. The molecule has 0 aromatic carbocycles. The molecule has 1 heterocycles. The highest BCUT2D eigenvalue weighted by atomic mass is 16.5. The molecule has 0 radical (unpaired) electrons. The molecule has 19 heavy (non-hydrogen) atoms. The van der Waals surface area contributed by atoms with Crippen LogP contribution in [0.4, 0.5) is 0 Å². The Kier molecular flexibility index (Phi) is 8.62. The Morgan fingerprint density at radius 3 is 2.84 bits per heavy atom. The Bertz CT molecular complexity index is 218. The standard InChI is InChI=1S/C15H32N2O2/c1-4-8-16-12-15(7-6-10-19-14-15)13-17(3)9-11-18-5-2/h16H,4-14H2,1-3H3. The minimum Gasteiger partial charge on any atom is -0.381 e. The molecule has 1 aliphatic rings. The van der Waals surface area contributed by atoms with E-state index in [9.17, 15) is 0 Å². The van der Waals surface area contributed by atoms with Crippen LogP contribution in [0, 0.1) is 5.41 Å². The van der Waals surface area contributed by atoms with Gasteiger partial charge in [-0.15, -0.1) is 0 Å². The van der Waals surface area contributed by atoms with E-state index in [4.69, 9.17) is 9.47 Å². The maximum Gasteiger partial charge on any atom is 0.0593 e. The zero-order valence-corrected chi connectivity index (χ0v) is 13.0. The highest BCUT2D eigenvalue weighted by Gasteiger charge is 2.33. The predicted octanol–water partition coefficient (Wildman–Crippen LogP) is 1.75. The summed E-state index contributed by atoms with van der Waals surface area (Å²) < 4.78 is 11.2. The van der Waals surface area contributed by atoms with Crippen LogP contribution in [-0.2, 0) is 9.47 Å². The lowest BCUT2D eigenvalue weighted by Gasteiger charge is -2.40. The van der Waals surface area contributed by atoms with Crippen LogP contribution < -0.4 is 5.32 Å². The number of rotatable bonds is 10. The molecule has 4 nitrogen and oxygen atoms in total. The molecule has 0 bridgehead atoms. The maximum absolute atomic E-state index is 5.74. The van der Waals surface area contributed by atoms with Crippen molar-refractivity contribution in [3.8, 4) is 0 Å². The van der Waals surface area contributed by atoms with Gasteiger partial charge in [-0.2, -0.15) is 0 Å². The molecule has 1 N–H and O–H groups in total. The predicted molar refractivity (Wildman–Crippen MR) is 79.6 cm³/mol. The first-order valence-electron chi connectivity index (χ1n) is 7.77. The van der Waals surface area contributed by atoms with E-state index in [1.807, 2.05) is 6.92 Å². The second-order valence-electron chi connectivity index (χ2n) is 5.77. The third-order valence-electron chi connectivity index (χ3n) is 3.76. The molecule has 1 aliphatic heterocycles. The van der Waals surface area contributed by atoms with Crippen LogP contribution in [0.5, 0.6) is 0 Å². The zero-order valence-electron chi connectivity index (χ0n) is 13.0. The third kappa shape index (κ3) is 6.70. The van der Waals surface area contributed by atoms with Crippen molar-refractivity contribution in [2.24, 2.45) is 5.41 Å². The molecule has 0 aromatic heterocycles. The van der Waals surface area contributed by atoms with Gasteiger partial charge in [0.1, 0.15) is 0 Å².